The van der Waals surface area contributed by atoms with E-state index in [4.69, 9.17) is 11.6 Å². The van der Waals surface area contributed by atoms with Gasteiger partial charge in [-0.3, -0.25) is 14.4 Å². The number of piperidine rings is 1. The molecule has 1 saturated heterocycles. The van der Waals surface area contributed by atoms with Gasteiger partial charge in [0.15, 0.2) is 0 Å². The quantitative estimate of drug-likeness (QED) is 0.300. The second-order valence-corrected chi connectivity index (χ2v) is 9.86. The zero-order valence-electron chi connectivity index (χ0n) is 21.4. The number of halogens is 4. The van der Waals surface area contributed by atoms with Crippen LogP contribution in [0.1, 0.15) is 39.1 Å². The third-order valence-corrected chi connectivity index (χ3v) is 6.99. The normalized spacial score (nSPS) is 14.7. The highest BCUT2D eigenvalue weighted by atomic mass is 35.5. The van der Waals surface area contributed by atoms with Gasteiger partial charge in [-0.1, -0.05) is 41.9 Å². The van der Waals surface area contributed by atoms with Crippen LogP contribution < -0.4 is 21.3 Å². The molecule has 0 bridgehead atoms. The number of amides is 3. The molecule has 3 aromatic carbocycles. The van der Waals surface area contributed by atoms with Gasteiger partial charge in [-0.2, -0.15) is 13.2 Å². The number of nitrogens with one attached hydrogen (secondary N) is 4. The van der Waals surface area contributed by atoms with Crippen LogP contribution in [0.4, 0.5) is 13.2 Å². The van der Waals surface area contributed by atoms with Crippen molar-refractivity contribution >= 4 is 29.3 Å². The highest BCUT2D eigenvalue weighted by Gasteiger charge is 2.41. The molecule has 1 aliphatic heterocycles. The number of rotatable bonds is 8. The van der Waals surface area contributed by atoms with E-state index in [1.165, 1.54) is 12.1 Å². The predicted octanol–water partition coefficient (Wildman–Crippen LogP) is 4.42. The smallest absolute Gasteiger partial charge is 0.352 e. The molecule has 0 aliphatic carbocycles. The third-order valence-electron chi connectivity index (χ3n) is 6.74. The molecular formula is C29H28ClF3N4O3. The molecule has 210 valence electrons. The molecule has 11 heteroatoms. The Morgan fingerprint density at radius 2 is 1.45 bits per heavy atom. The summed E-state index contributed by atoms with van der Waals surface area (Å²) in [6, 6.07) is 17.6. The number of hydrogen-bond acceptors (Lipinski definition) is 4. The van der Waals surface area contributed by atoms with E-state index < -0.39 is 23.2 Å². The molecule has 1 heterocycles. The second kappa shape index (κ2) is 12.5. The maximum Gasteiger partial charge on any atom is 0.416 e. The predicted molar refractivity (Wildman–Crippen MR) is 146 cm³/mol. The van der Waals surface area contributed by atoms with Crippen molar-refractivity contribution in [2.24, 2.45) is 0 Å². The summed E-state index contributed by atoms with van der Waals surface area (Å²) >= 11 is 5.85. The van der Waals surface area contributed by atoms with Crippen LogP contribution in [-0.2, 0) is 11.0 Å². The lowest BCUT2D eigenvalue weighted by atomic mass is 9.86. The number of carbonyl (C=O) groups excluding carboxylic acids is 3. The summed E-state index contributed by atoms with van der Waals surface area (Å²) in [4.78, 5) is 39.1. The van der Waals surface area contributed by atoms with Crippen molar-refractivity contribution in [2.45, 2.75) is 24.6 Å². The van der Waals surface area contributed by atoms with Crippen molar-refractivity contribution in [3.63, 3.8) is 0 Å². The fourth-order valence-corrected chi connectivity index (χ4v) is 4.67. The van der Waals surface area contributed by atoms with E-state index in [0.29, 0.717) is 47.6 Å². The van der Waals surface area contributed by atoms with Gasteiger partial charge in [-0.25, -0.2) is 0 Å². The number of hydrogen-bond donors (Lipinski definition) is 4. The largest absolute Gasteiger partial charge is 0.416 e. The van der Waals surface area contributed by atoms with Crippen molar-refractivity contribution in [1.82, 2.24) is 21.3 Å². The molecule has 40 heavy (non-hydrogen) atoms. The number of alkyl halides is 3. The van der Waals surface area contributed by atoms with Crippen LogP contribution in [0, 0.1) is 0 Å². The van der Waals surface area contributed by atoms with Gasteiger partial charge < -0.3 is 21.3 Å². The van der Waals surface area contributed by atoms with Crippen molar-refractivity contribution in [3.8, 4) is 11.1 Å². The van der Waals surface area contributed by atoms with Crippen LogP contribution in [0.2, 0.25) is 5.02 Å². The van der Waals surface area contributed by atoms with Crippen molar-refractivity contribution in [2.75, 3.05) is 26.2 Å². The third kappa shape index (κ3) is 7.00. The van der Waals surface area contributed by atoms with Crippen LogP contribution >= 0.6 is 11.6 Å². The lowest BCUT2D eigenvalue weighted by molar-refractivity contribution is -0.137. The van der Waals surface area contributed by atoms with E-state index in [0.717, 1.165) is 12.1 Å². The monoisotopic (exact) mass is 572 g/mol. The van der Waals surface area contributed by atoms with Crippen molar-refractivity contribution < 1.29 is 27.6 Å². The number of benzene rings is 3. The summed E-state index contributed by atoms with van der Waals surface area (Å²) < 4.78 is 39.1. The first-order valence-corrected chi connectivity index (χ1v) is 13.1. The number of carbonyl (C=O) groups is 3. The average Bonchev–Trinajstić information content (AvgIpc) is 2.95. The Morgan fingerprint density at radius 3 is 2.10 bits per heavy atom. The van der Waals surface area contributed by atoms with Crippen molar-refractivity contribution in [1.29, 1.82) is 0 Å². The highest BCUT2D eigenvalue weighted by Crippen LogP contribution is 2.32. The van der Waals surface area contributed by atoms with Gasteiger partial charge >= 0.3 is 6.18 Å². The molecule has 0 radical (unpaired) electrons. The van der Waals surface area contributed by atoms with E-state index >= 15 is 0 Å². The first-order chi connectivity index (χ1) is 19.1. The van der Waals surface area contributed by atoms with Gasteiger partial charge in [-0.05, 0) is 79.5 Å². The second-order valence-electron chi connectivity index (χ2n) is 9.43. The molecule has 3 amide bonds. The minimum absolute atomic E-state index is 0.144. The minimum atomic E-state index is -4.47. The molecule has 4 N–H and O–H groups in total. The first-order valence-electron chi connectivity index (χ1n) is 12.7. The zero-order chi connectivity index (χ0) is 28.8. The zero-order valence-corrected chi connectivity index (χ0v) is 22.2. The molecule has 0 spiro atoms. The lowest BCUT2D eigenvalue weighted by Crippen LogP contribution is -2.63. The lowest BCUT2D eigenvalue weighted by Gasteiger charge is -2.37. The van der Waals surface area contributed by atoms with Gasteiger partial charge in [-0.15, -0.1) is 0 Å². The molecule has 0 aromatic heterocycles. The molecule has 1 aliphatic rings. The molecule has 4 rings (SSSR count). The van der Waals surface area contributed by atoms with Gasteiger partial charge in [0.2, 0.25) is 5.91 Å². The van der Waals surface area contributed by atoms with Gasteiger partial charge in [0, 0.05) is 29.2 Å². The van der Waals surface area contributed by atoms with Crippen LogP contribution in [0.3, 0.4) is 0 Å². The molecule has 0 saturated carbocycles. The first kappa shape index (κ1) is 29.1. The summed E-state index contributed by atoms with van der Waals surface area (Å²) in [6.07, 6.45) is -3.79. The maximum atomic E-state index is 13.5. The molecule has 0 atom stereocenters. The fraction of sp³-hybridized carbons (Fsp3) is 0.276. The Bertz CT molecular complexity index is 1360. The van der Waals surface area contributed by atoms with E-state index in [2.05, 4.69) is 21.3 Å². The van der Waals surface area contributed by atoms with Crippen molar-refractivity contribution in [3.05, 3.63) is 94.5 Å². The Kier molecular flexibility index (Phi) is 9.11. The molecule has 0 unspecified atom stereocenters. The minimum Gasteiger partial charge on any atom is -0.352 e. The van der Waals surface area contributed by atoms with E-state index in [-0.39, 0.29) is 30.5 Å². The summed E-state index contributed by atoms with van der Waals surface area (Å²) in [7, 11) is 0. The fourth-order valence-electron chi connectivity index (χ4n) is 4.54. The van der Waals surface area contributed by atoms with Crippen LogP contribution in [0.15, 0.2) is 72.8 Å². The summed E-state index contributed by atoms with van der Waals surface area (Å²) in [5.41, 5.74) is -0.418. The Labute approximate surface area is 234 Å². The van der Waals surface area contributed by atoms with Gasteiger partial charge in [0.25, 0.3) is 11.8 Å². The Morgan fingerprint density at radius 1 is 0.825 bits per heavy atom. The topological polar surface area (TPSA) is 99.3 Å². The Balaban J connectivity index is 1.43. The molecule has 1 fully saturated rings. The van der Waals surface area contributed by atoms with Crippen LogP contribution in [-0.4, -0.2) is 49.4 Å². The van der Waals surface area contributed by atoms with E-state index in [1.807, 2.05) is 0 Å². The van der Waals surface area contributed by atoms with Gasteiger partial charge in [0.1, 0.15) is 5.54 Å². The molecular weight excluding hydrogens is 545 g/mol. The summed E-state index contributed by atoms with van der Waals surface area (Å²) in [5, 5.41) is 12.1. The molecule has 7 nitrogen and oxygen atoms in total. The van der Waals surface area contributed by atoms with Crippen LogP contribution in [0.25, 0.3) is 11.1 Å². The average molecular weight is 573 g/mol. The van der Waals surface area contributed by atoms with E-state index in [9.17, 15) is 27.6 Å². The Hall–Kier alpha value is -3.89. The SMILES string of the molecule is O=C(NCCNC(=O)C1(NC(=O)c2ccccc2-c2ccc(C(F)(F)F)cc2)CCNCC1)c1ccc(Cl)cc1. The standard InChI is InChI=1S/C29H28ClF3N4O3/c30-22-11-7-20(8-12-22)25(38)35-17-18-36-27(40)28(13-15-34-16-14-28)37-26(39)24-4-2-1-3-23(24)19-5-9-21(10-6-19)29(31,32)33/h1-12,34H,13-18H2,(H,35,38)(H,36,40)(H,37,39). The summed E-state index contributed by atoms with van der Waals surface area (Å²) in [6.45, 7) is 1.32. The summed E-state index contributed by atoms with van der Waals surface area (Å²) in [5.74, 6) is -1.20. The maximum absolute atomic E-state index is 13.5. The van der Waals surface area contributed by atoms with Crippen LogP contribution in [0.5, 0.6) is 0 Å². The molecule has 3 aromatic rings. The highest BCUT2D eigenvalue weighted by molar-refractivity contribution is 6.30. The van der Waals surface area contributed by atoms with Gasteiger partial charge in [0.05, 0.1) is 5.56 Å². The van der Waals surface area contributed by atoms with E-state index in [1.54, 1.807) is 48.5 Å².